The average Bonchev–Trinajstić information content (AvgIpc) is 2.46. The molecule has 1 amide bonds. The molecule has 21 heavy (non-hydrogen) atoms. The van der Waals surface area contributed by atoms with Crippen molar-refractivity contribution in [1.82, 2.24) is 16.1 Å². The van der Waals surface area contributed by atoms with E-state index in [1.165, 1.54) is 0 Å². The Morgan fingerprint density at radius 1 is 1.38 bits per heavy atom. The molecule has 1 heterocycles. The van der Waals surface area contributed by atoms with E-state index in [1.54, 1.807) is 20.4 Å². The second-order valence-corrected chi connectivity index (χ2v) is 4.77. The summed E-state index contributed by atoms with van der Waals surface area (Å²) in [6.45, 7) is 1.95. The number of hydrazone groups is 1. The summed E-state index contributed by atoms with van der Waals surface area (Å²) in [7, 11) is 3.20. The van der Waals surface area contributed by atoms with Gasteiger partial charge in [-0.25, -0.2) is 0 Å². The normalized spacial score (nSPS) is 22.0. The van der Waals surface area contributed by atoms with E-state index in [9.17, 15) is 4.79 Å². The molecular formula is C14H20N4O3. The van der Waals surface area contributed by atoms with E-state index in [2.05, 4.69) is 21.2 Å². The van der Waals surface area contributed by atoms with Crippen molar-refractivity contribution in [2.24, 2.45) is 5.10 Å². The molecule has 1 aliphatic heterocycles. The quantitative estimate of drug-likeness (QED) is 0.541. The highest BCUT2D eigenvalue weighted by atomic mass is 16.5. The van der Waals surface area contributed by atoms with Crippen LogP contribution in [0.4, 0.5) is 0 Å². The summed E-state index contributed by atoms with van der Waals surface area (Å²) in [5.74, 6) is 1.40. The van der Waals surface area contributed by atoms with Crippen LogP contribution in [0.3, 0.4) is 0 Å². The predicted octanol–water partition coefficient (Wildman–Crippen LogP) is 0.409. The summed E-state index contributed by atoms with van der Waals surface area (Å²) in [6, 6.07) is 5.55. The van der Waals surface area contributed by atoms with Crippen LogP contribution in [0.2, 0.25) is 0 Å². The van der Waals surface area contributed by atoms with E-state index in [0.29, 0.717) is 12.2 Å². The number of benzene rings is 1. The lowest BCUT2D eigenvalue weighted by molar-refractivity contribution is -0.124. The summed E-state index contributed by atoms with van der Waals surface area (Å²) in [4.78, 5) is 11.4. The van der Waals surface area contributed by atoms with Crippen molar-refractivity contribution in [2.75, 3.05) is 14.2 Å². The Labute approximate surface area is 123 Å². The Bertz CT molecular complexity index is 533. The summed E-state index contributed by atoms with van der Waals surface area (Å²) >= 11 is 0. The standard InChI is InChI=1S/C14H20N4O3/c1-9-6-13(19)17-14(16-9)18-15-8-10-7-11(20-2)4-5-12(10)21-3/h4-5,7-9,14,16,18H,6H2,1-3H3,(H,17,19)/b15-8+. The predicted molar refractivity (Wildman–Crippen MR) is 79.4 cm³/mol. The van der Waals surface area contributed by atoms with Gasteiger partial charge in [0.1, 0.15) is 11.5 Å². The Morgan fingerprint density at radius 2 is 2.19 bits per heavy atom. The van der Waals surface area contributed by atoms with Crippen LogP contribution in [-0.2, 0) is 4.79 Å². The van der Waals surface area contributed by atoms with Crippen LogP contribution in [0, 0.1) is 0 Å². The van der Waals surface area contributed by atoms with E-state index >= 15 is 0 Å². The number of hydrogen-bond donors (Lipinski definition) is 3. The number of methoxy groups -OCH3 is 2. The number of nitrogens with zero attached hydrogens (tertiary/aromatic N) is 1. The van der Waals surface area contributed by atoms with Crippen LogP contribution in [0.25, 0.3) is 0 Å². The number of carbonyl (C=O) groups is 1. The van der Waals surface area contributed by atoms with Gasteiger partial charge in [-0.1, -0.05) is 0 Å². The van der Waals surface area contributed by atoms with E-state index in [-0.39, 0.29) is 18.2 Å². The number of ether oxygens (including phenoxy) is 2. The molecule has 1 aromatic rings. The molecule has 1 aliphatic rings. The number of nitrogens with one attached hydrogen (secondary N) is 3. The molecule has 7 heteroatoms. The zero-order valence-corrected chi connectivity index (χ0v) is 12.3. The van der Waals surface area contributed by atoms with Gasteiger partial charge in [0, 0.05) is 18.0 Å². The fourth-order valence-electron chi connectivity index (χ4n) is 2.07. The minimum absolute atomic E-state index is 0.00656. The summed E-state index contributed by atoms with van der Waals surface area (Å²) in [6.07, 6.45) is 1.70. The lowest BCUT2D eigenvalue weighted by Gasteiger charge is -2.28. The molecule has 0 radical (unpaired) electrons. The third-order valence-electron chi connectivity index (χ3n) is 3.09. The third kappa shape index (κ3) is 4.09. The van der Waals surface area contributed by atoms with Crippen LogP contribution in [0.15, 0.2) is 23.3 Å². The molecule has 0 aromatic heterocycles. The van der Waals surface area contributed by atoms with E-state index in [0.717, 1.165) is 11.3 Å². The van der Waals surface area contributed by atoms with Gasteiger partial charge in [0.2, 0.25) is 5.91 Å². The van der Waals surface area contributed by atoms with Crippen LogP contribution >= 0.6 is 0 Å². The highest BCUT2D eigenvalue weighted by Gasteiger charge is 2.21. The van der Waals surface area contributed by atoms with Gasteiger partial charge in [-0.3, -0.25) is 15.5 Å². The lowest BCUT2D eigenvalue weighted by Crippen LogP contribution is -2.60. The van der Waals surface area contributed by atoms with Gasteiger partial charge in [0.05, 0.1) is 20.4 Å². The van der Waals surface area contributed by atoms with Gasteiger partial charge in [-0.15, -0.1) is 0 Å². The number of hydrogen-bond acceptors (Lipinski definition) is 6. The third-order valence-corrected chi connectivity index (χ3v) is 3.09. The molecule has 0 saturated carbocycles. The molecule has 0 spiro atoms. The molecule has 1 aromatic carbocycles. The van der Waals surface area contributed by atoms with Crippen LogP contribution in [0.1, 0.15) is 18.9 Å². The van der Waals surface area contributed by atoms with Gasteiger partial charge >= 0.3 is 0 Å². The zero-order valence-electron chi connectivity index (χ0n) is 12.3. The first-order valence-corrected chi connectivity index (χ1v) is 6.68. The fourth-order valence-corrected chi connectivity index (χ4v) is 2.07. The highest BCUT2D eigenvalue weighted by Crippen LogP contribution is 2.22. The van der Waals surface area contributed by atoms with E-state index < -0.39 is 0 Å². The SMILES string of the molecule is COc1ccc(OC)c(/C=N/NC2NC(=O)CC(C)N2)c1. The van der Waals surface area contributed by atoms with Crippen molar-refractivity contribution >= 4 is 12.1 Å². The topological polar surface area (TPSA) is 84.0 Å². The van der Waals surface area contributed by atoms with E-state index in [4.69, 9.17) is 9.47 Å². The van der Waals surface area contributed by atoms with Crippen molar-refractivity contribution in [3.8, 4) is 11.5 Å². The molecule has 0 aliphatic carbocycles. The first-order valence-electron chi connectivity index (χ1n) is 6.68. The Morgan fingerprint density at radius 3 is 2.86 bits per heavy atom. The molecule has 7 nitrogen and oxygen atoms in total. The van der Waals surface area contributed by atoms with Crippen molar-refractivity contribution in [3.05, 3.63) is 23.8 Å². The second-order valence-electron chi connectivity index (χ2n) is 4.77. The van der Waals surface area contributed by atoms with Crippen LogP contribution in [-0.4, -0.2) is 38.7 Å². The molecule has 2 unspecified atom stereocenters. The molecular weight excluding hydrogens is 272 g/mol. The summed E-state index contributed by atoms with van der Waals surface area (Å²) in [5, 5.41) is 10.1. The van der Waals surface area contributed by atoms with Crippen LogP contribution in [0.5, 0.6) is 11.5 Å². The van der Waals surface area contributed by atoms with Crippen molar-refractivity contribution in [1.29, 1.82) is 0 Å². The fraction of sp³-hybridized carbons (Fsp3) is 0.429. The minimum atomic E-state index is -0.380. The molecule has 3 N–H and O–H groups in total. The number of amides is 1. The maximum Gasteiger partial charge on any atom is 0.224 e. The van der Waals surface area contributed by atoms with Gasteiger partial charge in [-0.05, 0) is 25.1 Å². The maximum atomic E-state index is 11.4. The first-order chi connectivity index (χ1) is 10.1. The molecule has 1 fully saturated rings. The van der Waals surface area contributed by atoms with Gasteiger partial charge in [0.15, 0.2) is 6.29 Å². The molecule has 1 saturated heterocycles. The first kappa shape index (κ1) is 15.1. The van der Waals surface area contributed by atoms with Crippen molar-refractivity contribution in [2.45, 2.75) is 25.7 Å². The van der Waals surface area contributed by atoms with Crippen LogP contribution < -0.4 is 25.5 Å². The van der Waals surface area contributed by atoms with Gasteiger partial charge in [0.25, 0.3) is 0 Å². The Balaban J connectivity index is 2.02. The van der Waals surface area contributed by atoms with Gasteiger partial charge < -0.3 is 14.8 Å². The summed E-state index contributed by atoms with van der Waals surface area (Å²) in [5.41, 5.74) is 3.63. The Hall–Kier alpha value is -2.28. The minimum Gasteiger partial charge on any atom is -0.497 e. The molecule has 114 valence electrons. The molecule has 0 bridgehead atoms. The monoisotopic (exact) mass is 292 g/mol. The lowest BCUT2D eigenvalue weighted by atomic mass is 10.2. The smallest absolute Gasteiger partial charge is 0.224 e. The number of rotatable bonds is 5. The van der Waals surface area contributed by atoms with Gasteiger partial charge in [-0.2, -0.15) is 5.10 Å². The highest BCUT2D eigenvalue weighted by molar-refractivity contribution is 5.84. The summed E-state index contributed by atoms with van der Waals surface area (Å²) < 4.78 is 10.4. The van der Waals surface area contributed by atoms with Crippen molar-refractivity contribution < 1.29 is 14.3 Å². The molecule has 2 atom stereocenters. The average molecular weight is 292 g/mol. The van der Waals surface area contributed by atoms with E-state index in [1.807, 2.05) is 25.1 Å². The second kappa shape index (κ2) is 6.94. The Kier molecular flexibility index (Phi) is 4.99. The van der Waals surface area contributed by atoms with Crippen molar-refractivity contribution in [3.63, 3.8) is 0 Å². The molecule has 2 rings (SSSR count). The largest absolute Gasteiger partial charge is 0.497 e. The zero-order chi connectivity index (χ0) is 15.2. The number of carbonyl (C=O) groups excluding carboxylic acids is 1. The maximum absolute atomic E-state index is 11.4.